The molecule has 6 heteroatoms. The van der Waals surface area contributed by atoms with Crippen molar-refractivity contribution in [3.05, 3.63) is 45.9 Å². The second-order valence-electron chi connectivity index (χ2n) is 4.41. The van der Waals surface area contributed by atoms with Gasteiger partial charge in [-0.05, 0) is 30.5 Å². The number of benzene rings is 1. The van der Waals surface area contributed by atoms with Crippen molar-refractivity contribution in [2.24, 2.45) is 0 Å². The molecule has 0 aliphatic heterocycles. The van der Waals surface area contributed by atoms with Crippen LogP contribution in [0.3, 0.4) is 0 Å². The number of amides is 1. The lowest BCUT2D eigenvalue weighted by Gasteiger charge is -2.05. The molecule has 0 radical (unpaired) electrons. The third-order valence-corrected chi connectivity index (χ3v) is 3.76. The summed E-state index contributed by atoms with van der Waals surface area (Å²) in [5, 5.41) is 6.03. The largest absolute Gasteiger partial charge is 0.375 e. The van der Waals surface area contributed by atoms with Gasteiger partial charge in [0, 0.05) is 23.4 Å². The van der Waals surface area contributed by atoms with E-state index < -0.39 is 0 Å². The topological polar surface area (TPSA) is 68.0 Å². The molecule has 2 rings (SSSR count). The molecule has 1 aromatic heterocycles. The van der Waals surface area contributed by atoms with E-state index in [1.165, 1.54) is 11.3 Å². The summed E-state index contributed by atoms with van der Waals surface area (Å²) < 4.78 is 0. The number of anilines is 1. The maximum atomic E-state index is 11.7. The number of nitrogens with zero attached hydrogens (tertiary/aromatic N) is 1. The molecule has 2 aromatic rings. The van der Waals surface area contributed by atoms with E-state index in [-0.39, 0.29) is 5.91 Å². The molecule has 0 atom stereocenters. The Labute approximate surface area is 127 Å². The summed E-state index contributed by atoms with van der Waals surface area (Å²) in [6.45, 7) is 0.610. The molecule has 20 heavy (non-hydrogen) atoms. The summed E-state index contributed by atoms with van der Waals surface area (Å²) in [6.07, 6.45) is 1.82. The number of rotatable bonds is 6. The first-order valence-electron chi connectivity index (χ1n) is 6.34. The molecule has 106 valence electrons. The van der Waals surface area contributed by atoms with E-state index in [0.717, 1.165) is 22.7 Å². The van der Waals surface area contributed by atoms with E-state index in [1.54, 1.807) is 0 Å². The number of thiazole rings is 1. The van der Waals surface area contributed by atoms with E-state index >= 15 is 0 Å². The van der Waals surface area contributed by atoms with Crippen LogP contribution in [0.4, 0.5) is 5.13 Å². The fourth-order valence-electron chi connectivity index (χ4n) is 1.81. The molecule has 0 unspecified atom stereocenters. The summed E-state index contributed by atoms with van der Waals surface area (Å²) in [4.78, 5) is 15.8. The Hall–Kier alpha value is -1.59. The minimum atomic E-state index is 0.0265. The van der Waals surface area contributed by atoms with Gasteiger partial charge in [-0.3, -0.25) is 4.79 Å². The van der Waals surface area contributed by atoms with Crippen LogP contribution in [0, 0.1) is 0 Å². The van der Waals surface area contributed by atoms with Gasteiger partial charge in [0.2, 0.25) is 5.91 Å². The number of carbonyl (C=O) groups is 1. The molecule has 4 nitrogen and oxygen atoms in total. The quantitative estimate of drug-likeness (QED) is 0.862. The molecule has 1 amide bonds. The molecule has 0 aliphatic carbocycles. The van der Waals surface area contributed by atoms with Crippen molar-refractivity contribution in [3.8, 4) is 0 Å². The number of aryl methyl sites for hydroxylation is 1. The van der Waals surface area contributed by atoms with Crippen molar-refractivity contribution in [2.75, 3.05) is 12.3 Å². The van der Waals surface area contributed by atoms with Gasteiger partial charge in [0.25, 0.3) is 0 Å². The molecule has 0 saturated carbocycles. The van der Waals surface area contributed by atoms with E-state index in [0.29, 0.717) is 24.5 Å². The third-order valence-electron chi connectivity index (χ3n) is 2.80. The van der Waals surface area contributed by atoms with Crippen molar-refractivity contribution >= 4 is 34.0 Å². The van der Waals surface area contributed by atoms with Crippen molar-refractivity contribution in [1.29, 1.82) is 0 Å². The minimum Gasteiger partial charge on any atom is -0.375 e. The monoisotopic (exact) mass is 309 g/mol. The standard InChI is InChI=1S/C14H16ClN3OS/c15-11-3-1-2-10(8-11)6-7-17-13(19)5-4-12-9-20-14(16)18-12/h1-3,8-9H,4-7H2,(H2,16,18)(H,17,19). The van der Waals surface area contributed by atoms with Gasteiger partial charge in [-0.15, -0.1) is 11.3 Å². The summed E-state index contributed by atoms with van der Waals surface area (Å²) in [6, 6.07) is 7.65. The van der Waals surface area contributed by atoms with Crippen molar-refractivity contribution in [2.45, 2.75) is 19.3 Å². The van der Waals surface area contributed by atoms with Crippen LogP contribution in [0.5, 0.6) is 0 Å². The SMILES string of the molecule is Nc1nc(CCC(=O)NCCc2cccc(Cl)c2)cs1. The number of nitrogen functional groups attached to an aromatic ring is 1. The third kappa shape index (κ3) is 4.83. The first-order chi connectivity index (χ1) is 9.63. The average Bonchev–Trinajstić information content (AvgIpc) is 2.82. The molecule has 1 aromatic carbocycles. The van der Waals surface area contributed by atoms with Crippen LogP contribution in [0.2, 0.25) is 5.02 Å². The van der Waals surface area contributed by atoms with Crippen LogP contribution in [0.15, 0.2) is 29.6 Å². The molecule has 3 N–H and O–H groups in total. The molecule has 0 bridgehead atoms. The normalized spacial score (nSPS) is 10.4. The van der Waals surface area contributed by atoms with Gasteiger partial charge < -0.3 is 11.1 Å². The van der Waals surface area contributed by atoms with Crippen LogP contribution in [0.25, 0.3) is 0 Å². The first-order valence-corrected chi connectivity index (χ1v) is 7.60. The molecule has 0 aliphatic rings. The molecular weight excluding hydrogens is 294 g/mol. The van der Waals surface area contributed by atoms with Crippen LogP contribution in [-0.2, 0) is 17.6 Å². The first kappa shape index (κ1) is 14.8. The summed E-state index contributed by atoms with van der Waals surface area (Å²) in [5.41, 5.74) is 7.53. The van der Waals surface area contributed by atoms with Gasteiger partial charge in [-0.1, -0.05) is 23.7 Å². The average molecular weight is 310 g/mol. The molecule has 0 spiro atoms. The lowest BCUT2D eigenvalue weighted by molar-refractivity contribution is -0.121. The van der Waals surface area contributed by atoms with E-state index in [1.807, 2.05) is 29.6 Å². The second kappa shape index (κ2) is 7.26. The number of nitrogens with one attached hydrogen (secondary N) is 1. The Morgan fingerprint density at radius 1 is 1.40 bits per heavy atom. The predicted octanol–water partition coefficient (Wildman–Crippen LogP) is 2.67. The van der Waals surface area contributed by atoms with Gasteiger partial charge in [0.05, 0.1) is 5.69 Å². The Morgan fingerprint density at radius 3 is 2.95 bits per heavy atom. The lowest BCUT2D eigenvalue weighted by atomic mass is 10.1. The Kier molecular flexibility index (Phi) is 5.38. The van der Waals surface area contributed by atoms with E-state index in [2.05, 4.69) is 10.3 Å². The molecule has 0 fully saturated rings. The number of aromatic nitrogens is 1. The zero-order valence-corrected chi connectivity index (χ0v) is 12.5. The molecular formula is C14H16ClN3OS. The number of carbonyl (C=O) groups excluding carboxylic acids is 1. The molecule has 1 heterocycles. The zero-order valence-electron chi connectivity index (χ0n) is 10.9. The van der Waals surface area contributed by atoms with Crippen LogP contribution in [-0.4, -0.2) is 17.4 Å². The Morgan fingerprint density at radius 2 is 2.25 bits per heavy atom. The fraction of sp³-hybridized carbons (Fsp3) is 0.286. The van der Waals surface area contributed by atoms with Crippen molar-refractivity contribution < 1.29 is 4.79 Å². The van der Waals surface area contributed by atoms with Gasteiger partial charge in [-0.2, -0.15) is 0 Å². The second-order valence-corrected chi connectivity index (χ2v) is 5.73. The van der Waals surface area contributed by atoms with E-state index in [4.69, 9.17) is 17.3 Å². The van der Waals surface area contributed by atoms with Crippen LogP contribution >= 0.6 is 22.9 Å². The van der Waals surface area contributed by atoms with Crippen molar-refractivity contribution in [1.82, 2.24) is 10.3 Å². The number of hydrogen-bond donors (Lipinski definition) is 2. The summed E-state index contributed by atoms with van der Waals surface area (Å²) in [7, 11) is 0. The number of halogens is 1. The number of nitrogens with two attached hydrogens (primary N) is 1. The smallest absolute Gasteiger partial charge is 0.220 e. The maximum absolute atomic E-state index is 11.7. The lowest BCUT2D eigenvalue weighted by Crippen LogP contribution is -2.25. The highest BCUT2D eigenvalue weighted by atomic mass is 35.5. The van der Waals surface area contributed by atoms with Gasteiger partial charge in [0.1, 0.15) is 0 Å². The summed E-state index contributed by atoms with van der Waals surface area (Å²) >= 11 is 7.30. The Balaban J connectivity index is 1.67. The maximum Gasteiger partial charge on any atom is 0.220 e. The summed E-state index contributed by atoms with van der Waals surface area (Å²) in [5.74, 6) is 0.0265. The molecule has 0 saturated heterocycles. The minimum absolute atomic E-state index is 0.0265. The van der Waals surface area contributed by atoms with Gasteiger partial charge in [0.15, 0.2) is 5.13 Å². The highest BCUT2D eigenvalue weighted by Crippen LogP contribution is 2.12. The Bertz CT molecular complexity index is 585. The van der Waals surface area contributed by atoms with Gasteiger partial charge in [-0.25, -0.2) is 4.98 Å². The van der Waals surface area contributed by atoms with Crippen LogP contribution in [0.1, 0.15) is 17.7 Å². The highest BCUT2D eigenvalue weighted by molar-refractivity contribution is 7.13. The zero-order chi connectivity index (χ0) is 14.4. The van der Waals surface area contributed by atoms with E-state index in [9.17, 15) is 4.79 Å². The highest BCUT2D eigenvalue weighted by Gasteiger charge is 2.04. The van der Waals surface area contributed by atoms with Crippen molar-refractivity contribution in [3.63, 3.8) is 0 Å². The predicted molar refractivity (Wildman–Crippen MR) is 83.0 cm³/mol. The van der Waals surface area contributed by atoms with Gasteiger partial charge >= 0.3 is 0 Å². The van der Waals surface area contributed by atoms with Crippen LogP contribution < -0.4 is 11.1 Å². The fourth-order valence-corrected chi connectivity index (χ4v) is 2.62. The number of hydrogen-bond acceptors (Lipinski definition) is 4.